The largest absolute Gasteiger partial charge is 0.405 e. The molecular formula is C12H18F4N4. The van der Waals surface area contributed by atoms with Crippen LogP contribution < -0.4 is 10.2 Å². The highest BCUT2D eigenvalue weighted by atomic mass is 19.4. The lowest BCUT2D eigenvalue weighted by Crippen LogP contribution is -2.40. The maximum absolute atomic E-state index is 13.7. The van der Waals surface area contributed by atoms with Gasteiger partial charge in [-0.25, -0.2) is 9.37 Å². The van der Waals surface area contributed by atoms with Gasteiger partial charge in [-0.2, -0.15) is 18.2 Å². The van der Waals surface area contributed by atoms with E-state index in [9.17, 15) is 17.6 Å². The third kappa shape index (κ3) is 4.82. The first-order valence-electron chi connectivity index (χ1n) is 6.34. The van der Waals surface area contributed by atoms with Gasteiger partial charge in [0.15, 0.2) is 11.6 Å². The number of nitrogens with zero attached hydrogens (tertiary/aromatic N) is 3. The van der Waals surface area contributed by atoms with Crippen LogP contribution in [0.3, 0.4) is 0 Å². The normalized spacial score (nSPS) is 11.8. The minimum atomic E-state index is -4.43. The second-order valence-electron chi connectivity index (χ2n) is 4.63. The van der Waals surface area contributed by atoms with Crippen molar-refractivity contribution in [2.24, 2.45) is 0 Å². The fraction of sp³-hybridized carbons (Fsp3) is 0.667. The van der Waals surface area contributed by atoms with Crippen LogP contribution in [0.15, 0.2) is 6.20 Å². The van der Waals surface area contributed by atoms with Crippen LogP contribution in [0.1, 0.15) is 27.2 Å². The topological polar surface area (TPSA) is 41.1 Å². The summed E-state index contributed by atoms with van der Waals surface area (Å²) in [5.74, 6) is -1.09. The number of hydrogen-bond donors (Lipinski definition) is 1. The minimum Gasteiger partial charge on any atom is -0.354 e. The number of hydrogen-bond acceptors (Lipinski definition) is 4. The monoisotopic (exact) mass is 294 g/mol. The molecule has 0 unspecified atom stereocenters. The number of aromatic nitrogens is 2. The predicted octanol–water partition coefficient (Wildman–Crippen LogP) is 3.21. The molecule has 0 aliphatic rings. The first-order chi connectivity index (χ1) is 9.24. The Labute approximate surface area is 115 Å². The standard InChI is InChI=1S/C12H18F4N4/c1-4-5-17-11-18-6-9(13)10(19-11)20(8(2)3)7-12(14,15)16/h6,8H,4-5,7H2,1-3H3,(H,17,18,19). The van der Waals surface area contributed by atoms with Crippen molar-refractivity contribution in [3.63, 3.8) is 0 Å². The summed E-state index contributed by atoms with van der Waals surface area (Å²) in [7, 11) is 0. The molecule has 0 aromatic carbocycles. The average molecular weight is 294 g/mol. The Morgan fingerprint density at radius 3 is 2.50 bits per heavy atom. The van der Waals surface area contributed by atoms with Crippen molar-refractivity contribution in [3.05, 3.63) is 12.0 Å². The van der Waals surface area contributed by atoms with Gasteiger partial charge in [-0.15, -0.1) is 0 Å². The molecule has 0 aliphatic carbocycles. The van der Waals surface area contributed by atoms with Crippen molar-refractivity contribution >= 4 is 11.8 Å². The van der Waals surface area contributed by atoms with E-state index in [1.807, 2.05) is 6.92 Å². The summed E-state index contributed by atoms with van der Waals surface area (Å²) in [4.78, 5) is 8.42. The Bertz CT molecular complexity index is 434. The fourth-order valence-electron chi connectivity index (χ4n) is 1.58. The van der Waals surface area contributed by atoms with Crippen LogP contribution in [-0.2, 0) is 0 Å². The number of nitrogens with one attached hydrogen (secondary N) is 1. The lowest BCUT2D eigenvalue weighted by atomic mass is 10.3. The summed E-state index contributed by atoms with van der Waals surface area (Å²) in [6.45, 7) is 4.32. The quantitative estimate of drug-likeness (QED) is 0.818. The maximum atomic E-state index is 13.7. The second kappa shape index (κ2) is 6.71. The van der Waals surface area contributed by atoms with E-state index < -0.39 is 24.6 Å². The van der Waals surface area contributed by atoms with Gasteiger partial charge in [-0.3, -0.25) is 0 Å². The van der Waals surface area contributed by atoms with Crippen molar-refractivity contribution in [2.75, 3.05) is 23.3 Å². The van der Waals surface area contributed by atoms with Gasteiger partial charge < -0.3 is 10.2 Å². The molecule has 4 nitrogen and oxygen atoms in total. The zero-order valence-corrected chi connectivity index (χ0v) is 11.6. The summed E-state index contributed by atoms with van der Waals surface area (Å²) < 4.78 is 51.4. The third-order valence-corrected chi connectivity index (χ3v) is 2.50. The van der Waals surface area contributed by atoms with Crippen LogP contribution >= 0.6 is 0 Å². The Morgan fingerprint density at radius 2 is 2.00 bits per heavy atom. The van der Waals surface area contributed by atoms with Crippen molar-refractivity contribution in [1.29, 1.82) is 0 Å². The molecule has 0 bridgehead atoms. The molecule has 8 heteroatoms. The third-order valence-electron chi connectivity index (χ3n) is 2.50. The fourth-order valence-corrected chi connectivity index (χ4v) is 1.58. The highest BCUT2D eigenvalue weighted by Gasteiger charge is 2.33. The van der Waals surface area contributed by atoms with E-state index in [1.165, 1.54) is 0 Å². The van der Waals surface area contributed by atoms with Crippen LogP contribution in [-0.4, -0.2) is 35.3 Å². The molecule has 20 heavy (non-hydrogen) atoms. The summed E-state index contributed by atoms with van der Waals surface area (Å²) >= 11 is 0. The molecule has 1 heterocycles. The molecule has 1 aromatic rings. The van der Waals surface area contributed by atoms with Crippen molar-refractivity contribution < 1.29 is 17.6 Å². The van der Waals surface area contributed by atoms with Gasteiger partial charge >= 0.3 is 6.18 Å². The molecule has 1 aromatic heterocycles. The van der Waals surface area contributed by atoms with E-state index >= 15 is 0 Å². The van der Waals surface area contributed by atoms with Gasteiger partial charge in [0.25, 0.3) is 0 Å². The van der Waals surface area contributed by atoms with E-state index in [0.717, 1.165) is 17.5 Å². The SMILES string of the molecule is CCCNc1ncc(F)c(N(CC(F)(F)F)C(C)C)n1. The Kier molecular flexibility index (Phi) is 5.52. The lowest BCUT2D eigenvalue weighted by Gasteiger charge is -2.29. The lowest BCUT2D eigenvalue weighted by molar-refractivity contribution is -0.120. The smallest absolute Gasteiger partial charge is 0.354 e. The molecule has 0 aliphatic heterocycles. The Balaban J connectivity index is 3.05. The van der Waals surface area contributed by atoms with E-state index in [-0.39, 0.29) is 11.8 Å². The van der Waals surface area contributed by atoms with Crippen LogP contribution in [0.2, 0.25) is 0 Å². The molecular weight excluding hydrogens is 276 g/mol. The summed E-state index contributed by atoms with van der Waals surface area (Å²) in [5.41, 5.74) is 0. The average Bonchev–Trinajstić information content (AvgIpc) is 2.34. The number of halogens is 4. The van der Waals surface area contributed by atoms with E-state index in [4.69, 9.17) is 0 Å². The van der Waals surface area contributed by atoms with E-state index in [0.29, 0.717) is 6.54 Å². The highest BCUT2D eigenvalue weighted by Crippen LogP contribution is 2.25. The minimum absolute atomic E-state index is 0.121. The van der Waals surface area contributed by atoms with Gasteiger partial charge in [0.05, 0.1) is 6.20 Å². The highest BCUT2D eigenvalue weighted by molar-refractivity contribution is 5.44. The van der Waals surface area contributed by atoms with Gasteiger partial charge in [-0.05, 0) is 20.3 Å². The molecule has 1 rings (SSSR count). The summed E-state index contributed by atoms with van der Waals surface area (Å²) in [5, 5.41) is 2.82. The predicted molar refractivity (Wildman–Crippen MR) is 69.3 cm³/mol. The van der Waals surface area contributed by atoms with Gasteiger partial charge in [0, 0.05) is 12.6 Å². The molecule has 0 saturated carbocycles. The summed E-state index contributed by atoms with van der Waals surface area (Å²) in [6.07, 6.45) is -2.75. The zero-order chi connectivity index (χ0) is 15.3. The molecule has 0 fully saturated rings. The van der Waals surface area contributed by atoms with Gasteiger partial charge in [0.1, 0.15) is 6.54 Å². The molecule has 0 saturated heterocycles. The van der Waals surface area contributed by atoms with Crippen LogP contribution in [0, 0.1) is 5.82 Å². The number of rotatable bonds is 6. The van der Waals surface area contributed by atoms with Crippen molar-refractivity contribution in [3.8, 4) is 0 Å². The number of alkyl halides is 3. The van der Waals surface area contributed by atoms with Crippen molar-refractivity contribution in [2.45, 2.75) is 39.4 Å². The molecule has 0 amide bonds. The first-order valence-corrected chi connectivity index (χ1v) is 6.34. The molecule has 1 N–H and O–H groups in total. The number of anilines is 2. The van der Waals surface area contributed by atoms with E-state index in [1.54, 1.807) is 13.8 Å². The molecule has 0 spiro atoms. The van der Waals surface area contributed by atoms with Crippen molar-refractivity contribution in [1.82, 2.24) is 9.97 Å². The first kappa shape index (κ1) is 16.5. The molecule has 0 radical (unpaired) electrons. The summed E-state index contributed by atoms with van der Waals surface area (Å²) in [6, 6.07) is -0.542. The van der Waals surface area contributed by atoms with E-state index in [2.05, 4.69) is 15.3 Å². The van der Waals surface area contributed by atoms with Crippen LogP contribution in [0.25, 0.3) is 0 Å². The Morgan fingerprint density at radius 1 is 1.35 bits per heavy atom. The Hall–Kier alpha value is -1.60. The molecule has 114 valence electrons. The van der Waals surface area contributed by atoms with Gasteiger partial charge in [-0.1, -0.05) is 6.92 Å². The van der Waals surface area contributed by atoms with Gasteiger partial charge in [0.2, 0.25) is 5.95 Å². The zero-order valence-electron chi connectivity index (χ0n) is 11.6. The van der Waals surface area contributed by atoms with Crippen LogP contribution in [0.4, 0.5) is 29.3 Å². The maximum Gasteiger partial charge on any atom is 0.405 e. The van der Waals surface area contributed by atoms with Crippen LogP contribution in [0.5, 0.6) is 0 Å². The second-order valence-corrected chi connectivity index (χ2v) is 4.63. The molecule has 0 atom stereocenters.